The normalized spacial score (nSPS) is 10.3. The van der Waals surface area contributed by atoms with E-state index in [9.17, 15) is 4.79 Å². The van der Waals surface area contributed by atoms with Crippen LogP contribution in [0.5, 0.6) is 0 Å². The van der Waals surface area contributed by atoms with E-state index in [1.807, 2.05) is 12.1 Å². The van der Waals surface area contributed by atoms with Gasteiger partial charge in [-0.15, -0.1) is 0 Å². The molecule has 112 valence electrons. The molecule has 0 aliphatic rings. The average Bonchev–Trinajstić information content (AvgIpc) is 2.45. The van der Waals surface area contributed by atoms with Crippen molar-refractivity contribution in [3.05, 3.63) is 28.5 Å². The molecular formula is C14H21BrN2O3. The summed E-state index contributed by atoms with van der Waals surface area (Å²) in [7, 11) is 1.61. The van der Waals surface area contributed by atoms with Crippen LogP contribution < -0.4 is 0 Å². The van der Waals surface area contributed by atoms with Crippen LogP contribution in [0.2, 0.25) is 0 Å². The highest BCUT2D eigenvalue weighted by Crippen LogP contribution is 2.10. The van der Waals surface area contributed by atoms with Crippen molar-refractivity contribution >= 4 is 22.0 Å². The molecule has 1 aromatic rings. The molecule has 20 heavy (non-hydrogen) atoms. The summed E-state index contributed by atoms with van der Waals surface area (Å²) in [4.78, 5) is 17.8. The van der Waals surface area contributed by atoms with Gasteiger partial charge in [0.25, 0.3) is 0 Å². The third-order valence-electron chi connectivity index (χ3n) is 2.71. The van der Waals surface area contributed by atoms with Crippen LogP contribution >= 0.6 is 15.9 Å². The molecule has 0 atom stereocenters. The van der Waals surface area contributed by atoms with Crippen LogP contribution in [0.3, 0.4) is 0 Å². The van der Waals surface area contributed by atoms with Gasteiger partial charge in [0, 0.05) is 19.9 Å². The van der Waals surface area contributed by atoms with Gasteiger partial charge in [-0.05, 0) is 34.0 Å². The Labute approximate surface area is 128 Å². The Morgan fingerprint density at radius 3 is 2.80 bits per heavy atom. The molecule has 0 N–H and O–H groups in total. The van der Waals surface area contributed by atoms with Crippen molar-refractivity contribution in [2.75, 3.05) is 26.9 Å². The number of carbonyl (C=O) groups excluding carboxylic acids is 1. The minimum atomic E-state index is -0.307. The monoisotopic (exact) mass is 344 g/mol. The van der Waals surface area contributed by atoms with Crippen LogP contribution in [0, 0.1) is 0 Å². The van der Waals surface area contributed by atoms with Crippen LogP contribution in [0.15, 0.2) is 22.9 Å². The number of ether oxygens (including phenoxy) is 2. The summed E-state index contributed by atoms with van der Waals surface area (Å²) < 4.78 is 11.0. The zero-order valence-corrected chi connectivity index (χ0v) is 13.6. The molecular weight excluding hydrogens is 324 g/mol. The van der Waals surface area contributed by atoms with Gasteiger partial charge in [0.2, 0.25) is 0 Å². The lowest BCUT2D eigenvalue weighted by molar-refractivity contribution is 0.0836. The molecule has 0 aliphatic carbocycles. The number of carbonyl (C=O) groups is 1. The van der Waals surface area contributed by atoms with Crippen LogP contribution in [0.4, 0.5) is 4.79 Å². The summed E-state index contributed by atoms with van der Waals surface area (Å²) >= 11 is 3.29. The highest BCUT2D eigenvalue weighted by Gasteiger charge is 2.15. The lowest BCUT2D eigenvalue weighted by Gasteiger charge is -2.21. The third-order valence-corrected chi connectivity index (χ3v) is 3.18. The Balaban J connectivity index is 2.58. The highest BCUT2D eigenvalue weighted by atomic mass is 79.9. The van der Waals surface area contributed by atoms with E-state index in [4.69, 9.17) is 9.47 Å². The molecule has 1 heterocycles. The fourth-order valence-corrected chi connectivity index (χ4v) is 1.79. The number of amides is 1. The standard InChI is InChI=1S/C14H21BrN2O3/c1-3-4-8-20-14(18)17(7-9-19-2)11-12-5-6-13(15)16-10-12/h5-6,10H,3-4,7-9,11H2,1-2H3. The first-order chi connectivity index (χ1) is 9.67. The fraction of sp³-hybridized carbons (Fsp3) is 0.571. The molecule has 0 bridgehead atoms. The molecule has 1 amide bonds. The molecule has 0 saturated carbocycles. The Hall–Kier alpha value is -1.14. The molecule has 6 heteroatoms. The Morgan fingerprint density at radius 2 is 2.20 bits per heavy atom. The van der Waals surface area contributed by atoms with Crippen molar-refractivity contribution in [2.45, 2.75) is 26.3 Å². The van der Waals surface area contributed by atoms with E-state index >= 15 is 0 Å². The Morgan fingerprint density at radius 1 is 1.40 bits per heavy atom. The van der Waals surface area contributed by atoms with Crippen molar-refractivity contribution in [3.63, 3.8) is 0 Å². The van der Waals surface area contributed by atoms with Crippen LogP contribution in [0.1, 0.15) is 25.3 Å². The van der Waals surface area contributed by atoms with Gasteiger partial charge in [0.05, 0.1) is 19.8 Å². The number of rotatable bonds is 8. The molecule has 0 aliphatic heterocycles. The van der Waals surface area contributed by atoms with E-state index in [1.165, 1.54) is 0 Å². The summed E-state index contributed by atoms with van der Waals surface area (Å²) in [6.07, 6.45) is 3.31. The van der Waals surface area contributed by atoms with Crippen molar-refractivity contribution < 1.29 is 14.3 Å². The second-order valence-electron chi connectivity index (χ2n) is 4.37. The molecule has 0 saturated heterocycles. The van der Waals surface area contributed by atoms with Crippen molar-refractivity contribution in [3.8, 4) is 0 Å². The number of hydrogen-bond donors (Lipinski definition) is 0. The van der Waals surface area contributed by atoms with Gasteiger partial charge in [0.15, 0.2) is 0 Å². The molecule has 0 aromatic carbocycles. The number of unbranched alkanes of at least 4 members (excludes halogenated alkanes) is 1. The minimum absolute atomic E-state index is 0.307. The maximum Gasteiger partial charge on any atom is 0.410 e. The summed E-state index contributed by atoms with van der Waals surface area (Å²) in [5, 5.41) is 0. The summed E-state index contributed by atoms with van der Waals surface area (Å²) in [6, 6.07) is 3.78. The average molecular weight is 345 g/mol. The van der Waals surface area contributed by atoms with Gasteiger partial charge >= 0.3 is 6.09 Å². The lowest BCUT2D eigenvalue weighted by Crippen LogP contribution is -2.34. The van der Waals surface area contributed by atoms with E-state index in [2.05, 4.69) is 27.8 Å². The first kappa shape index (κ1) is 16.9. The van der Waals surface area contributed by atoms with Crippen molar-refractivity contribution in [2.24, 2.45) is 0 Å². The number of aromatic nitrogens is 1. The molecule has 5 nitrogen and oxygen atoms in total. The Kier molecular flexibility index (Phi) is 8.22. The van der Waals surface area contributed by atoms with Gasteiger partial charge in [-0.1, -0.05) is 19.4 Å². The lowest BCUT2D eigenvalue weighted by atomic mass is 10.2. The van der Waals surface area contributed by atoms with Crippen LogP contribution in [0.25, 0.3) is 0 Å². The summed E-state index contributed by atoms with van der Waals surface area (Å²) in [5.74, 6) is 0. The largest absolute Gasteiger partial charge is 0.449 e. The molecule has 1 aromatic heterocycles. The van der Waals surface area contributed by atoms with E-state index in [-0.39, 0.29) is 6.09 Å². The van der Waals surface area contributed by atoms with E-state index in [1.54, 1.807) is 18.2 Å². The smallest absolute Gasteiger partial charge is 0.410 e. The second kappa shape index (κ2) is 9.72. The number of nitrogens with zero attached hydrogens (tertiary/aromatic N) is 2. The summed E-state index contributed by atoms with van der Waals surface area (Å²) in [6.45, 7) is 3.96. The van der Waals surface area contributed by atoms with E-state index in [0.29, 0.717) is 26.3 Å². The van der Waals surface area contributed by atoms with Crippen LogP contribution in [-0.4, -0.2) is 42.8 Å². The highest BCUT2D eigenvalue weighted by molar-refractivity contribution is 9.10. The number of methoxy groups -OCH3 is 1. The van der Waals surface area contributed by atoms with E-state index < -0.39 is 0 Å². The quantitative estimate of drug-likeness (QED) is 0.536. The predicted octanol–water partition coefficient (Wildman–Crippen LogP) is 3.23. The minimum Gasteiger partial charge on any atom is -0.449 e. The second-order valence-corrected chi connectivity index (χ2v) is 5.18. The van der Waals surface area contributed by atoms with E-state index in [0.717, 1.165) is 23.0 Å². The van der Waals surface area contributed by atoms with Gasteiger partial charge in [-0.25, -0.2) is 9.78 Å². The first-order valence-corrected chi connectivity index (χ1v) is 7.47. The molecule has 0 spiro atoms. The summed E-state index contributed by atoms with van der Waals surface area (Å²) in [5.41, 5.74) is 0.955. The third kappa shape index (κ3) is 6.34. The van der Waals surface area contributed by atoms with Crippen LogP contribution in [-0.2, 0) is 16.0 Å². The Bertz CT molecular complexity index is 398. The molecule has 0 radical (unpaired) electrons. The van der Waals surface area contributed by atoms with Gasteiger partial charge in [-0.2, -0.15) is 0 Å². The maximum absolute atomic E-state index is 12.0. The van der Waals surface area contributed by atoms with Gasteiger partial charge in [-0.3, -0.25) is 0 Å². The molecule has 0 fully saturated rings. The molecule has 0 unspecified atom stereocenters. The zero-order chi connectivity index (χ0) is 14.8. The van der Waals surface area contributed by atoms with Crippen molar-refractivity contribution in [1.82, 2.24) is 9.88 Å². The first-order valence-electron chi connectivity index (χ1n) is 6.68. The van der Waals surface area contributed by atoms with Gasteiger partial charge < -0.3 is 14.4 Å². The number of halogens is 1. The molecule has 1 rings (SSSR count). The fourth-order valence-electron chi connectivity index (χ4n) is 1.55. The maximum atomic E-state index is 12.0. The van der Waals surface area contributed by atoms with Gasteiger partial charge in [0.1, 0.15) is 4.60 Å². The number of pyridine rings is 1. The topological polar surface area (TPSA) is 51.7 Å². The zero-order valence-electron chi connectivity index (χ0n) is 12.0. The SMILES string of the molecule is CCCCOC(=O)N(CCOC)Cc1ccc(Br)nc1. The number of hydrogen-bond acceptors (Lipinski definition) is 4. The predicted molar refractivity (Wildman–Crippen MR) is 80.5 cm³/mol. The van der Waals surface area contributed by atoms with Crippen molar-refractivity contribution in [1.29, 1.82) is 0 Å².